The van der Waals surface area contributed by atoms with Crippen molar-refractivity contribution in [1.29, 1.82) is 0 Å². The van der Waals surface area contributed by atoms with E-state index in [4.69, 9.17) is 16.3 Å². The van der Waals surface area contributed by atoms with Gasteiger partial charge in [-0.15, -0.1) is 11.8 Å². The molecular formula is C25H23ClN4O4S. The van der Waals surface area contributed by atoms with Crippen molar-refractivity contribution in [3.05, 3.63) is 63.4 Å². The Morgan fingerprint density at radius 2 is 1.97 bits per heavy atom. The van der Waals surface area contributed by atoms with E-state index < -0.39 is 0 Å². The molecule has 2 atom stereocenters. The number of nitrogens with zero attached hydrogens (tertiary/aromatic N) is 2. The first-order chi connectivity index (χ1) is 17.0. The van der Waals surface area contributed by atoms with Crippen LogP contribution >= 0.6 is 23.4 Å². The van der Waals surface area contributed by atoms with E-state index in [2.05, 4.69) is 10.6 Å². The zero-order chi connectivity index (χ0) is 24.1. The number of cyclic esters (lactones) is 1. The summed E-state index contributed by atoms with van der Waals surface area (Å²) in [5, 5.41) is 8.06. The summed E-state index contributed by atoms with van der Waals surface area (Å²) >= 11 is 7.99. The molecule has 0 spiro atoms. The van der Waals surface area contributed by atoms with Crippen LogP contribution in [0.15, 0.2) is 52.2 Å². The molecule has 0 aliphatic carbocycles. The van der Waals surface area contributed by atoms with E-state index in [1.165, 1.54) is 11.8 Å². The second-order valence-corrected chi connectivity index (χ2v) is 10.4. The molecule has 0 bridgehead atoms. The summed E-state index contributed by atoms with van der Waals surface area (Å²) in [5.41, 5.74) is 3.30. The van der Waals surface area contributed by atoms with Gasteiger partial charge in [0.15, 0.2) is 0 Å². The molecule has 0 saturated carbocycles. The molecule has 8 nitrogen and oxygen atoms in total. The van der Waals surface area contributed by atoms with Crippen LogP contribution in [0.2, 0.25) is 5.02 Å². The van der Waals surface area contributed by atoms with Gasteiger partial charge in [-0.2, -0.15) is 0 Å². The lowest BCUT2D eigenvalue weighted by Crippen LogP contribution is -2.27. The second kappa shape index (κ2) is 8.89. The fourth-order valence-electron chi connectivity index (χ4n) is 5.08. The molecule has 0 radical (unpaired) electrons. The second-order valence-electron chi connectivity index (χ2n) is 8.96. The Hall–Kier alpha value is -3.01. The predicted molar refractivity (Wildman–Crippen MR) is 137 cm³/mol. The standard InChI is InChI=1S/C25H23ClN4O4S/c26-17-6-3-14-4-8-22(32)30-12-19(23(17)24(14)30)27-9-1-2-16-11-29(25(33)34-16)15-5-7-20-18(10-15)28-21(31)13-35-20/h3-8,10,16,19,27H,1-2,9,11-13H2,(H,28,31)/t16-,19-/m1/s1. The molecule has 1 saturated heterocycles. The van der Waals surface area contributed by atoms with E-state index in [1.807, 2.05) is 36.4 Å². The topological polar surface area (TPSA) is 92.7 Å². The van der Waals surface area contributed by atoms with Crippen LogP contribution in [0.3, 0.4) is 0 Å². The van der Waals surface area contributed by atoms with Crippen LogP contribution in [0, 0.1) is 0 Å². The third-order valence-electron chi connectivity index (χ3n) is 6.73. The first-order valence-corrected chi connectivity index (χ1v) is 12.9. The summed E-state index contributed by atoms with van der Waals surface area (Å²) in [6, 6.07) is 12.9. The summed E-state index contributed by atoms with van der Waals surface area (Å²) in [5.74, 6) is 0.362. The first kappa shape index (κ1) is 22.5. The van der Waals surface area contributed by atoms with Crippen molar-refractivity contribution in [3.8, 4) is 0 Å². The maximum atomic E-state index is 12.5. The number of thioether (sulfide) groups is 1. The molecule has 10 heteroatoms. The molecule has 2 N–H and O–H groups in total. The SMILES string of the molecule is O=C1CSc2ccc(N3C[C@@H](CCCN[C@@H]4Cn5c(=O)ccc6ccc(Cl)c4c65)OC3=O)cc2N1. The molecule has 2 aromatic carbocycles. The van der Waals surface area contributed by atoms with E-state index in [1.54, 1.807) is 15.5 Å². The molecule has 6 rings (SSSR count). The smallest absolute Gasteiger partial charge is 0.414 e. The first-order valence-electron chi connectivity index (χ1n) is 11.6. The van der Waals surface area contributed by atoms with Gasteiger partial charge in [-0.25, -0.2) is 4.79 Å². The Morgan fingerprint density at radius 1 is 1.11 bits per heavy atom. The fraction of sp³-hybridized carbons (Fsp3) is 0.320. The zero-order valence-electron chi connectivity index (χ0n) is 18.8. The van der Waals surface area contributed by atoms with Gasteiger partial charge in [-0.05, 0) is 55.1 Å². The highest BCUT2D eigenvalue weighted by atomic mass is 35.5. The van der Waals surface area contributed by atoms with E-state index in [9.17, 15) is 14.4 Å². The van der Waals surface area contributed by atoms with E-state index >= 15 is 0 Å². The number of fused-ring (bicyclic) bond motifs is 1. The van der Waals surface area contributed by atoms with Gasteiger partial charge in [0.1, 0.15) is 6.10 Å². The van der Waals surface area contributed by atoms with Crippen molar-refractivity contribution in [2.45, 2.75) is 36.4 Å². The molecule has 180 valence electrons. The van der Waals surface area contributed by atoms with Crippen molar-refractivity contribution in [3.63, 3.8) is 0 Å². The molecule has 3 aliphatic rings. The van der Waals surface area contributed by atoms with Crippen molar-refractivity contribution < 1.29 is 14.3 Å². The van der Waals surface area contributed by atoms with E-state index in [0.717, 1.165) is 33.5 Å². The molecular weight excluding hydrogens is 488 g/mol. The minimum atomic E-state index is -0.373. The predicted octanol–water partition coefficient (Wildman–Crippen LogP) is 4.15. The number of pyridine rings is 1. The third kappa shape index (κ3) is 4.07. The maximum Gasteiger partial charge on any atom is 0.414 e. The Bertz CT molecular complexity index is 1420. The largest absolute Gasteiger partial charge is 0.444 e. The summed E-state index contributed by atoms with van der Waals surface area (Å²) in [4.78, 5) is 39.2. The monoisotopic (exact) mass is 510 g/mol. The summed E-state index contributed by atoms with van der Waals surface area (Å²) < 4.78 is 7.38. The number of carbonyl (C=O) groups excluding carboxylic acids is 2. The van der Waals surface area contributed by atoms with Crippen molar-refractivity contribution in [2.75, 3.05) is 29.1 Å². The number of aromatic nitrogens is 1. The van der Waals surface area contributed by atoms with E-state index in [-0.39, 0.29) is 29.7 Å². The lowest BCUT2D eigenvalue weighted by molar-refractivity contribution is -0.113. The van der Waals surface area contributed by atoms with Gasteiger partial charge in [-0.3, -0.25) is 14.5 Å². The highest BCUT2D eigenvalue weighted by Gasteiger charge is 2.33. The molecule has 0 unspecified atom stereocenters. The number of halogens is 1. The van der Waals surface area contributed by atoms with Crippen LogP contribution in [0.4, 0.5) is 16.2 Å². The molecule has 3 aromatic rings. The lowest BCUT2D eigenvalue weighted by atomic mass is 10.1. The van der Waals surface area contributed by atoms with Crippen LogP contribution in [-0.2, 0) is 16.1 Å². The van der Waals surface area contributed by atoms with Gasteiger partial charge in [-0.1, -0.05) is 17.7 Å². The van der Waals surface area contributed by atoms with Gasteiger partial charge < -0.3 is 19.9 Å². The molecule has 4 heterocycles. The van der Waals surface area contributed by atoms with Crippen molar-refractivity contribution >= 4 is 57.6 Å². The normalized spacial score (nSPS) is 20.8. The average molecular weight is 511 g/mol. The van der Waals surface area contributed by atoms with Gasteiger partial charge in [0.05, 0.1) is 29.5 Å². The van der Waals surface area contributed by atoms with Crippen LogP contribution in [0.5, 0.6) is 0 Å². The number of amides is 2. The van der Waals surface area contributed by atoms with Gasteiger partial charge in [0.2, 0.25) is 5.91 Å². The Kier molecular flexibility index (Phi) is 5.70. The molecule has 35 heavy (non-hydrogen) atoms. The van der Waals surface area contributed by atoms with Gasteiger partial charge >= 0.3 is 6.09 Å². The Balaban J connectivity index is 1.06. The van der Waals surface area contributed by atoms with E-state index in [0.29, 0.717) is 42.5 Å². The number of anilines is 2. The number of rotatable bonds is 6. The zero-order valence-corrected chi connectivity index (χ0v) is 20.3. The minimum Gasteiger partial charge on any atom is -0.444 e. The maximum absolute atomic E-state index is 12.5. The number of ether oxygens (including phenoxy) is 1. The van der Waals surface area contributed by atoms with Crippen LogP contribution in [-0.4, -0.2) is 41.5 Å². The Morgan fingerprint density at radius 3 is 2.86 bits per heavy atom. The van der Waals surface area contributed by atoms with Crippen LogP contribution in [0.25, 0.3) is 10.9 Å². The number of nitrogens with one attached hydrogen (secondary N) is 2. The average Bonchev–Trinajstić information content (AvgIpc) is 3.42. The highest BCUT2D eigenvalue weighted by Crippen LogP contribution is 2.37. The van der Waals surface area contributed by atoms with Crippen LogP contribution < -0.4 is 21.1 Å². The molecule has 2 amide bonds. The molecule has 3 aliphatic heterocycles. The summed E-state index contributed by atoms with van der Waals surface area (Å²) in [7, 11) is 0. The van der Waals surface area contributed by atoms with Crippen LogP contribution in [0.1, 0.15) is 24.4 Å². The fourth-order valence-corrected chi connectivity index (χ4v) is 6.15. The highest BCUT2D eigenvalue weighted by molar-refractivity contribution is 8.00. The number of hydrogen-bond donors (Lipinski definition) is 2. The van der Waals surface area contributed by atoms with Crippen molar-refractivity contribution in [2.24, 2.45) is 0 Å². The molecule has 1 fully saturated rings. The number of carbonyl (C=O) groups is 2. The molecule has 1 aromatic heterocycles. The van der Waals surface area contributed by atoms with Crippen molar-refractivity contribution in [1.82, 2.24) is 9.88 Å². The quantitative estimate of drug-likeness (QED) is 0.484. The number of benzene rings is 2. The number of hydrogen-bond acceptors (Lipinski definition) is 6. The van der Waals surface area contributed by atoms with Gasteiger partial charge in [0, 0.05) is 33.8 Å². The summed E-state index contributed by atoms with van der Waals surface area (Å²) in [6.45, 7) is 1.72. The summed E-state index contributed by atoms with van der Waals surface area (Å²) in [6.07, 6.45) is 0.934. The lowest BCUT2D eigenvalue weighted by Gasteiger charge is -2.20. The van der Waals surface area contributed by atoms with Gasteiger partial charge in [0.25, 0.3) is 5.56 Å². The Labute approximate surface area is 210 Å². The third-order valence-corrected chi connectivity index (χ3v) is 8.13. The minimum absolute atomic E-state index is 0.0244.